The van der Waals surface area contributed by atoms with Gasteiger partial charge in [-0.3, -0.25) is 4.98 Å². The van der Waals surface area contributed by atoms with Crippen molar-refractivity contribution in [3.63, 3.8) is 0 Å². The molecule has 0 fully saturated rings. The van der Waals surface area contributed by atoms with E-state index in [0.29, 0.717) is 24.2 Å². The number of rotatable bonds is 2. The largest absolute Gasteiger partial charge is 0.369 e. The first-order valence-corrected chi connectivity index (χ1v) is 5.09. The Morgan fingerprint density at radius 2 is 2.29 bits per heavy atom. The maximum atomic E-state index is 5.84. The third-order valence-corrected chi connectivity index (χ3v) is 2.44. The van der Waals surface area contributed by atoms with Gasteiger partial charge in [-0.25, -0.2) is 4.98 Å². The van der Waals surface area contributed by atoms with Crippen LogP contribution in [0.4, 0.5) is 5.95 Å². The number of hydrogen-bond acceptors (Lipinski definition) is 6. The van der Waals surface area contributed by atoms with Crippen molar-refractivity contribution in [3.05, 3.63) is 30.2 Å². The molecule has 3 heterocycles. The lowest BCUT2D eigenvalue weighted by molar-refractivity contribution is 0.369. The molecule has 17 heavy (non-hydrogen) atoms. The lowest BCUT2D eigenvalue weighted by Crippen LogP contribution is -2.04. The molecule has 2 N–H and O–H groups in total. The molecule has 0 atom stereocenters. The molecular formula is C10H10N6O. The Bertz CT molecular complexity index is 670. The summed E-state index contributed by atoms with van der Waals surface area (Å²) in [6, 6.07) is 1.85. The molecule has 0 saturated carbocycles. The van der Waals surface area contributed by atoms with Gasteiger partial charge in [0.1, 0.15) is 12.1 Å². The Labute approximate surface area is 96.3 Å². The molecule has 0 aromatic carbocycles. The summed E-state index contributed by atoms with van der Waals surface area (Å²) in [5.41, 5.74) is 7.49. The molecule has 3 rings (SSSR count). The van der Waals surface area contributed by atoms with Gasteiger partial charge in [0.25, 0.3) is 0 Å². The summed E-state index contributed by atoms with van der Waals surface area (Å²) in [6.45, 7) is 2.18. The predicted octanol–water partition coefficient (Wildman–Crippen LogP) is 0.753. The van der Waals surface area contributed by atoms with E-state index in [1.165, 1.54) is 0 Å². The molecule has 0 aliphatic carbocycles. The van der Waals surface area contributed by atoms with Crippen molar-refractivity contribution in [2.75, 3.05) is 5.73 Å². The number of anilines is 1. The van der Waals surface area contributed by atoms with Crippen LogP contribution in [0.2, 0.25) is 0 Å². The van der Waals surface area contributed by atoms with Gasteiger partial charge in [0.15, 0.2) is 5.82 Å². The molecular weight excluding hydrogens is 220 g/mol. The summed E-state index contributed by atoms with van der Waals surface area (Å²) >= 11 is 0. The van der Waals surface area contributed by atoms with Crippen LogP contribution in [0.3, 0.4) is 0 Å². The molecule has 0 saturated heterocycles. The molecule has 0 unspecified atom stereocenters. The summed E-state index contributed by atoms with van der Waals surface area (Å²) in [5, 5.41) is 3.73. The van der Waals surface area contributed by atoms with Crippen LogP contribution in [-0.2, 0) is 6.54 Å². The fourth-order valence-corrected chi connectivity index (χ4v) is 1.71. The van der Waals surface area contributed by atoms with Crippen molar-refractivity contribution < 1.29 is 4.52 Å². The Morgan fingerprint density at radius 1 is 1.41 bits per heavy atom. The fourth-order valence-electron chi connectivity index (χ4n) is 1.71. The van der Waals surface area contributed by atoms with Crippen molar-refractivity contribution in [2.45, 2.75) is 13.5 Å². The number of aryl methyl sites for hydroxylation is 1. The lowest BCUT2D eigenvalue weighted by Gasteiger charge is -2.01. The summed E-state index contributed by atoms with van der Waals surface area (Å²) in [7, 11) is 0. The van der Waals surface area contributed by atoms with Gasteiger partial charge >= 0.3 is 0 Å². The van der Waals surface area contributed by atoms with Gasteiger partial charge in [-0.1, -0.05) is 5.16 Å². The minimum Gasteiger partial charge on any atom is -0.369 e. The van der Waals surface area contributed by atoms with Gasteiger partial charge in [0.2, 0.25) is 11.8 Å². The third kappa shape index (κ3) is 1.61. The predicted molar refractivity (Wildman–Crippen MR) is 60.1 cm³/mol. The van der Waals surface area contributed by atoms with Gasteiger partial charge in [-0.05, 0) is 13.0 Å². The molecule has 7 nitrogen and oxygen atoms in total. The highest BCUT2D eigenvalue weighted by Gasteiger charge is 2.11. The lowest BCUT2D eigenvalue weighted by atomic mass is 10.4. The Morgan fingerprint density at radius 3 is 3.06 bits per heavy atom. The van der Waals surface area contributed by atoms with Crippen molar-refractivity contribution in [2.24, 2.45) is 0 Å². The van der Waals surface area contributed by atoms with Crippen molar-refractivity contribution in [1.29, 1.82) is 0 Å². The van der Waals surface area contributed by atoms with E-state index < -0.39 is 0 Å². The van der Waals surface area contributed by atoms with Gasteiger partial charge in [0, 0.05) is 6.20 Å². The van der Waals surface area contributed by atoms with Gasteiger partial charge in [-0.2, -0.15) is 4.98 Å². The number of nitrogens with two attached hydrogens (primary N) is 1. The first kappa shape index (κ1) is 9.76. The Kier molecular flexibility index (Phi) is 2.04. The Balaban J connectivity index is 2.08. The van der Waals surface area contributed by atoms with E-state index in [-0.39, 0.29) is 0 Å². The van der Waals surface area contributed by atoms with E-state index in [9.17, 15) is 0 Å². The summed E-state index contributed by atoms with van der Waals surface area (Å²) < 4.78 is 6.87. The van der Waals surface area contributed by atoms with E-state index in [1.54, 1.807) is 19.3 Å². The molecule has 0 spiro atoms. The summed E-state index contributed by atoms with van der Waals surface area (Å²) in [5.74, 6) is 1.51. The zero-order valence-electron chi connectivity index (χ0n) is 9.16. The highest BCUT2D eigenvalue weighted by Crippen LogP contribution is 2.17. The summed E-state index contributed by atoms with van der Waals surface area (Å²) in [4.78, 5) is 12.3. The third-order valence-electron chi connectivity index (χ3n) is 2.44. The number of hydrogen-bond donors (Lipinski definition) is 1. The highest BCUT2D eigenvalue weighted by molar-refractivity contribution is 5.77. The number of pyridine rings is 1. The van der Waals surface area contributed by atoms with Crippen molar-refractivity contribution in [1.82, 2.24) is 24.7 Å². The SMILES string of the molecule is Cc1noc(Cn2c(N)nc3cnccc32)n1. The van der Waals surface area contributed by atoms with Crippen LogP contribution in [0.1, 0.15) is 11.7 Å². The van der Waals surface area contributed by atoms with Crippen molar-refractivity contribution >= 4 is 17.0 Å². The minimum atomic E-state index is 0.406. The number of nitrogen functional groups attached to an aromatic ring is 1. The van der Waals surface area contributed by atoms with E-state index in [0.717, 1.165) is 11.0 Å². The molecule has 3 aromatic rings. The highest BCUT2D eigenvalue weighted by atomic mass is 16.5. The molecule has 0 aliphatic heterocycles. The average Bonchev–Trinajstić information content (AvgIpc) is 2.85. The van der Waals surface area contributed by atoms with Crippen LogP contribution in [0.25, 0.3) is 11.0 Å². The van der Waals surface area contributed by atoms with Crippen molar-refractivity contribution in [3.8, 4) is 0 Å². The molecule has 7 heteroatoms. The van der Waals surface area contributed by atoms with Gasteiger partial charge < -0.3 is 14.8 Å². The minimum absolute atomic E-state index is 0.406. The van der Waals surface area contributed by atoms with Gasteiger partial charge in [-0.15, -0.1) is 0 Å². The van der Waals surface area contributed by atoms with E-state index in [1.807, 2.05) is 10.6 Å². The number of nitrogens with zero attached hydrogens (tertiary/aromatic N) is 5. The van der Waals surface area contributed by atoms with E-state index >= 15 is 0 Å². The number of fused-ring (bicyclic) bond motifs is 1. The molecule has 0 radical (unpaired) electrons. The zero-order chi connectivity index (χ0) is 11.8. The monoisotopic (exact) mass is 230 g/mol. The van der Waals surface area contributed by atoms with Crippen LogP contribution < -0.4 is 5.73 Å². The second-order valence-corrected chi connectivity index (χ2v) is 3.66. The van der Waals surface area contributed by atoms with Crippen LogP contribution in [0.15, 0.2) is 23.0 Å². The van der Waals surface area contributed by atoms with Crippen LogP contribution >= 0.6 is 0 Å². The molecule has 0 amide bonds. The van der Waals surface area contributed by atoms with Crippen LogP contribution in [0.5, 0.6) is 0 Å². The molecule has 0 bridgehead atoms. The average molecular weight is 230 g/mol. The number of aromatic nitrogens is 5. The molecule has 3 aromatic heterocycles. The normalized spacial score (nSPS) is 11.1. The zero-order valence-corrected chi connectivity index (χ0v) is 9.16. The summed E-state index contributed by atoms with van der Waals surface area (Å²) in [6.07, 6.45) is 3.36. The topological polar surface area (TPSA) is 95.7 Å². The first-order valence-electron chi connectivity index (χ1n) is 5.09. The second kappa shape index (κ2) is 3.55. The van der Waals surface area contributed by atoms with E-state index in [4.69, 9.17) is 10.3 Å². The standard InChI is InChI=1S/C10H10N6O/c1-6-13-9(17-15-6)5-16-8-2-3-12-4-7(8)14-10(16)11/h2-4H,5H2,1H3,(H2,11,14). The van der Waals surface area contributed by atoms with Crippen LogP contribution in [-0.4, -0.2) is 24.7 Å². The van der Waals surface area contributed by atoms with Crippen LogP contribution in [0, 0.1) is 6.92 Å². The molecule has 0 aliphatic rings. The maximum absolute atomic E-state index is 5.84. The quantitative estimate of drug-likeness (QED) is 0.698. The number of imidazole rings is 1. The van der Waals surface area contributed by atoms with E-state index in [2.05, 4.69) is 20.1 Å². The maximum Gasteiger partial charge on any atom is 0.246 e. The van der Waals surface area contributed by atoms with Gasteiger partial charge in [0.05, 0.1) is 11.7 Å². The fraction of sp³-hybridized carbons (Fsp3) is 0.200. The second-order valence-electron chi connectivity index (χ2n) is 3.66. The molecule has 86 valence electrons. The first-order chi connectivity index (χ1) is 8.24. The Hall–Kier alpha value is -2.44. The smallest absolute Gasteiger partial charge is 0.246 e.